The van der Waals surface area contributed by atoms with Crippen molar-refractivity contribution in [2.24, 2.45) is 0 Å². The molecule has 1 heterocycles. The molecule has 1 aromatic rings. The second-order valence-corrected chi connectivity index (χ2v) is 4.00. The van der Waals surface area contributed by atoms with Gasteiger partial charge in [0.15, 0.2) is 0 Å². The lowest BCUT2D eigenvalue weighted by molar-refractivity contribution is 0.704. The van der Waals surface area contributed by atoms with Crippen LogP contribution in [0, 0.1) is 0 Å². The van der Waals surface area contributed by atoms with Crippen LogP contribution in [0.5, 0.6) is 0 Å². The van der Waals surface area contributed by atoms with Gasteiger partial charge < -0.3 is 10.2 Å². The molecular formula is C9H15BrN4. The summed E-state index contributed by atoms with van der Waals surface area (Å²) in [5, 5.41) is 3.11. The average Bonchev–Trinajstić information content (AvgIpc) is 2.19. The number of rotatable bonds is 5. The Bertz CT molecular complexity index is 262. The molecule has 1 rings (SSSR count). The van der Waals surface area contributed by atoms with E-state index < -0.39 is 0 Å². The molecule has 0 aliphatic rings. The zero-order chi connectivity index (χ0) is 10.4. The normalized spacial score (nSPS) is 10.2. The summed E-state index contributed by atoms with van der Waals surface area (Å²) in [4.78, 5) is 10.5. The smallest absolute Gasteiger partial charge is 0.225 e. The summed E-state index contributed by atoms with van der Waals surface area (Å²) in [7, 11) is 3.95. The molecule has 5 heteroatoms. The number of hydrogen-bond donors (Lipinski definition) is 1. The van der Waals surface area contributed by atoms with Gasteiger partial charge in [0, 0.05) is 26.0 Å². The topological polar surface area (TPSA) is 41.0 Å². The van der Waals surface area contributed by atoms with E-state index in [4.69, 9.17) is 0 Å². The van der Waals surface area contributed by atoms with Crippen molar-refractivity contribution in [3.05, 3.63) is 16.9 Å². The van der Waals surface area contributed by atoms with Crippen LogP contribution >= 0.6 is 15.9 Å². The third-order valence-electron chi connectivity index (χ3n) is 1.87. The van der Waals surface area contributed by atoms with Crippen molar-refractivity contribution >= 4 is 21.9 Å². The Labute approximate surface area is 92.9 Å². The van der Waals surface area contributed by atoms with Gasteiger partial charge in [0.05, 0.1) is 4.47 Å². The van der Waals surface area contributed by atoms with Crippen molar-refractivity contribution in [2.75, 3.05) is 32.1 Å². The lowest BCUT2D eigenvalue weighted by atomic mass is 10.4. The second-order valence-electron chi connectivity index (χ2n) is 3.08. The summed E-state index contributed by atoms with van der Waals surface area (Å²) in [6, 6.07) is 0. The summed E-state index contributed by atoms with van der Waals surface area (Å²) >= 11 is 3.30. The first-order valence-corrected chi connectivity index (χ1v) is 5.36. The molecule has 0 atom stereocenters. The summed E-state index contributed by atoms with van der Waals surface area (Å²) in [5.41, 5.74) is 0. The van der Waals surface area contributed by atoms with Gasteiger partial charge in [0.1, 0.15) is 0 Å². The number of anilines is 1. The number of aromatic nitrogens is 2. The monoisotopic (exact) mass is 258 g/mol. The standard InChI is InChI=1S/C9H15BrN4/c1-11-4-3-5-14(2)9-12-6-8(10)7-13-9/h6-7,11H,3-5H2,1-2H3. The fraction of sp³-hybridized carbons (Fsp3) is 0.556. The molecule has 1 aromatic heterocycles. The number of halogens is 1. The first-order valence-electron chi connectivity index (χ1n) is 4.57. The lowest BCUT2D eigenvalue weighted by Gasteiger charge is -2.16. The maximum absolute atomic E-state index is 4.20. The van der Waals surface area contributed by atoms with E-state index in [0.717, 1.165) is 29.9 Å². The van der Waals surface area contributed by atoms with Crippen LogP contribution in [0.4, 0.5) is 5.95 Å². The van der Waals surface area contributed by atoms with Gasteiger partial charge >= 0.3 is 0 Å². The molecule has 0 fully saturated rings. The molecule has 14 heavy (non-hydrogen) atoms. The molecule has 0 aliphatic carbocycles. The molecule has 0 bridgehead atoms. The highest BCUT2D eigenvalue weighted by molar-refractivity contribution is 9.10. The van der Waals surface area contributed by atoms with Crippen LogP contribution in [0.3, 0.4) is 0 Å². The summed E-state index contributed by atoms with van der Waals surface area (Å²) in [6.07, 6.45) is 4.61. The van der Waals surface area contributed by atoms with E-state index in [2.05, 4.69) is 31.2 Å². The van der Waals surface area contributed by atoms with E-state index in [0.29, 0.717) is 0 Å². The van der Waals surface area contributed by atoms with Crippen molar-refractivity contribution < 1.29 is 0 Å². The van der Waals surface area contributed by atoms with Gasteiger partial charge in [-0.05, 0) is 35.9 Å². The maximum Gasteiger partial charge on any atom is 0.225 e. The molecule has 78 valence electrons. The average molecular weight is 259 g/mol. The van der Waals surface area contributed by atoms with E-state index >= 15 is 0 Å². The van der Waals surface area contributed by atoms with Gasteiger partial charge in [-0.2, -0.15) is 0 Å². The van der Waals surface area contributed by atoms with E-state index in [1.165, 1.54) is 0 Å². The Kier molecular flexibility index (Phi) is 4.82. The quantitative estimate of drug-likeness (QED) is 0.809. The Balaban J connectivity index is 2.43. The third-order valence-corrected chi connectivity index (χ3v) is 2.28. The lowest BCUT2D eigenvalue weighted by Crippen LogP contribution is -2.23. The SMILES string of the molecule is CNCCCN(C)c1ncc(Br)cn1. The second kappa shape index (κ2) is 5.93. The van der Waals surface area contributed by atoms with Gasteiger partial charge in [0.25, 0.3) is 0 Å². The van der Waals surface area contributed by atoms with Gasteiger partial charge in [-0.1, -0.05) is 0 Å². The Morgan fingerprint density at radius 2 is 2.07 bits per heavy atom. The van der Waals surface area contributed by atoms with Crippen LogP contribution in [0.1, 0.15) is 6.42 Å². The highest BCUT2D eigenvalue weighted by Crippen LogP contribution is 2.09. The van der Waals surface area contributed by atoms with Crippen molar-refractivity contribution in [1.29, 1.82) is 0 Å². The largest absolute Gasteiger partial charge is 0.344 e. The molecule has 0 unspecified atom stereocenters. The Hall–Kier alpha value is -0.680. The number of hydrogen-bond acceptors (Lipinski definition) is 4. The van der Waals surface area contributed by atoms with E-state index in [1.807, 2.05) is 19.0 Å². The summed E-state index contributed by atoms with van der Waals surface area (Å²) < 4.78 is 0.907. The maximum atomic E-state index is 4.20. The van der Waals surface area contributed by atoms with E-state index in [-0.39, 0.29) is 0 Å². The molecular weight excluding hydrogens is 244 g/mol. The molecule has 0 saturated heterocycles. The zero-order valence-electron chi connectivity index (χ0n) is 8.50. The molecule has 0 aromatic carbocycles. The van der Waals surface area contributed by atoms with Crippen LogP contribution in [-0.4, -0.2) is 37.2 Å². The summed E-state index contributed by atoms with van der Waals surface area (Å²) in [6.45, 7) is 1.98. The van der Waals surface area contributed by atoms with Crippen LogP contribution in [0.15, 0.2) is 16.9 Å². The fourth-order valence-corrected chi connectivity index (χ4v) is 1.30. The van der Waals surface area contributed by atoms with Gasteiger partial charge in [-0.15, -0.1) is 0 Å². The van der Waals surface area contributed by atoms with Crippen LogP contribution in [-0.2, 0) is 0 Å². The highest BCUT2D eigenvalue weighted by atomic mass is 79.9. The Morgan fingerprint density at radius 1 is 1.43 bits per heavy atom. The fourth-order valence-electron chi connectivity index (χ4n) is 1.10. The third kappa shape index (κ3) is 3.59. The minimum absolute atomic E-state index is 0.768. The van der Waals surface area contributed by atoms with Crippen molar-refractivity contribution in [3.63, 3.8) is 0 Å². The van der Waals surface area contributed by atoms with Gasteiger partial charge in [-0.3, -0.25) is 0 Å². The van der Waals surface area contributed by atoms with Crippen molar-refractivity contribution in [3.8, 4) is 0 Å². The Morgan fingerprint density at radius 3 is 2.64 bits per heavy atom. The van der Waals surface area contributed by atoms with Crippen molar-refractivity contribution in [2.45, 2.75) is 6.42 Å². The number of nitrogens with one attached hydrogen (secondary N) is 1. The molecule has 4 nitrogen and oxygen atoms in total. The molecule has 0 spiro atoms. The zero-order valence-corrected chi connectivity index (χ0v) is 10.1. The molecule has 1 N–H and O–H groups in total. The molecule has 0 aliphatic heterocycles. The van der Waals surface area contributed by atoms with Crippen LogP contribution in [0.2, 0.25) is 0 Å². The minimum atomic E-state index is 0.768. The van der Waals surface area contributed by atoms with E-state index in [9.17, 15) is 0 Å². The van der Waals surface area contributed by atoms with Crippen LogP contribution < -0.4 is 10.2 Å². The first-order chi connectivity index (χ1) is 6.74. The predicted molar refractivity (Wildman–Crippen MR) is 61.5 cm³/mol. The summed E-state index contributed by atoms with van der Waals surface area (Å²) in [5.74, 6) is 0.768. The predicted octanol–water partition coefficient (Wildman–Crippen LogP) is 1.28. The van der Waals surface area contributed by atoms with E-state index in [1.54, 1.807) is 12.4 Å². The molecule has 0 amide bonds. The van der Waals surface area contributed by atoms with Gasteiger partial charge in [0.2, 0.25) is 5.95 Å². The minimum Gasteiger partial charge on any atom is -0.344 e. The highest BCUT2D eigenvalue weighted by Gasteiger charge is 2.02. The van der Waals surface area contributed by atoms with Crippen molar-refractivity contribution in [1.82, 2.24) is 15.3 Å². The van der Waals surface area contributed by atoms with Gasteiger partial charge in [-0.25, -0.2) is 9.97 Å². The molecule has 0 saturated carbocycles. The number of nitrogens with zero attached hydrogens (tertiary/aromatic N) is 3. The van der Waals surface area contributed by atoms with Crippen LogP contribution in [0.25, 0.3) is 0 Å². The molecule has 0 radical (unpaired) electrons. The first kappa shape index (κ1) is 11.4.